The van der Waals surface area contributed by atoms with Crippen LogP contribution in [-0.4, -0.2) is 4.98 Å². The molecule has 1 heterocycles. The third-order valence-electron chi connectivity index (χ3n) is 3.58. The lowest BCUT2D eigenvalue weighted by Crippen LogP contribution is -1.96. The topological polar surface area (TPSA) is 24.9 Å². The van der Waals surface area contributed by atoms with E-state index in [4.69, 9.17) is 11.6 Å². The van der Waals surface area contributed by atoms with Crippen LogP contribution >= 0.6 is 11.6 Å². The first kappa shape index (κ1) is 12.9. The molecule has 3 heteroatoms. The number of aryl methyl sites for hydroxylation is 1. The van der Waals surface area contributed by atoms with Crippen molar-refractivity contribution in [2.24, 2.45) is 0 Å². The summed E-state index contributed by atoms with van der Waals surface area (Å²) in [5, 5.41) is 5.23. The Labute approximate surface area is 123 Å². The number of nitrogens with one attached hydrogen (secondary N) is 1. The highest BCUT2D eigenvalue weighted by molar-refractivity contribution is 6.31. The first-order valence-corrected chi connectivity index (χ1v) is 6.90. The molecule has 100 valence electrons. The molecule has 2 aromatic carbocycles. The van der Waals surface area contributed by atoms with E-state index in [1.807, 2.05) is 30.5 Å². The maximum Gasteiger partial charge on any atom is 0.0723 e. The summed E-state index contributed by atoms with van der Waals surface area (Å²) in [7, 11) is 0. The van der Waals surface area contributed by atoms with E-state index in [2.05, 4.69) is 42.3 Å². The van der Waals surface area contributed by atoms with Gasteiger partial charge in [0.15, 0.2) is 0 Å². The largest absolute Gasteiger partial charge is 0.355 e. The summed E-state index contributed by atoms with van der Waals surface area (Å²) in [5.41, 5.74) is 5.58. The van der Waals surface area contributed by atoms with E-state index in [-0.39, 0.29) is 0 Å². The molecule has 0 radical (unpaired) electrons. The molecule has 0 unspecified atom stereocenters. The van der Waals surface area contributed by atoms with Gasteiger partial charge in [-0.05, 0) is 55.3 Å². The first-order chi connectivity index (χ1) is 9.65. The fraction of sp³-hybridized carbons (Fsp3) is 0.118. The van der Waals surface area contributed by atoms with Crippen molar-refractivity contribution in [1.29, 1.82) is 0 Å². The number of fused-ring (bicyclic) bond motifs is 1. The molecule has 0 saturated heterocycles. The summed E-state index contributed by atoms with van der Waals surface area (Å²) in [4.78, 5) is 4.37. The maximum atomic E-state index is 6.09. The lowest BCUT2D eigenvalue weighted by atomic mass is 10.1. The van der Waals surface area contributed by atoms with Gasteiger partial charge in [0.2, 0.25) is 0 Å². The Bertz CT molecular complexity index is 781. The highest BCUT2D eigenvalue weighted by atomic mass is 35.5. The van der Waals surface area contributed by atoms with Crippen LogP contribution in [0.25, 0.3) is 10.9 Å². The summed E-state index contributed by atoms with van der Waals surface area (Å²) >= 11 is 6.09. The van der Waals surface area contributed by atoms with Crippen molar-refractivity contribution >= 4 is 33.9 Å². The Kier molecular flexibility index (Phi) is 3.33. The number of rotatable bonds is 2. The van der Waals surface area contributed by atoms with Gasteiger partial charge in [-0.15, -0.1) is 0 Å². The van der Waals surface area contributed by atoms with Crippen LogP contribution in [0.4, 0.5) is 11.4 Å². The number of hydrogen-bond acceptors (Lipinski definition) is 2. The van der Waals surface area contributed by atoms with Crippen molar-refractivity contribution in [1.82, 2.24) is 4.98 Å². The second-order valence-electron chi connectivity index (χ2n) is 4.89. The van der Waals surface area contributed by atoms with E-state index < -0.39 is 0 Å². The number of hydrogen-bond donors (Lipinski definition) is 1. The highest BCUT2D eigenvalue weighted by Gasteiger charge is 2.05. The fourth-order valence-corrected chi connectivity index (χ4v) is 2.43. The van der Waals surface area contributed by atoms with Gasteiger partial charge in [0.05, 0.1) is 5.52 Å². The zero-order valence-corrected chi connectivity index (χ0v) is 12.2. The SMILES string of the molecule is Cc1cccc(Nc2ccnc3ccc(Cl)cc23)c1C. The minimum absolute atomic E-state index is 0.717. The second kappa shape index (κ2) is 5.14. The van der Waals surface area contributed by atoms with Gasteiger partial charge < -0.3 is 5.32 Å². The molecule has 0 amide bonds. The van der Waals surface area contributed by atoms with Gasteiger partial charge in [0.1, 0.15) is 0 Å². The lowest BCUT2D eigenvalue weighted by molar-refractivity contribution is 1.33. The quantitative estimate of drug-likeness (QED) is 0.694. The minimum Gasteiger partial charge on any atom is -0.355 e. The molecule has 0 aliphatic heterocycles. The van der Waals surface area contributed by atoms with Crippen molar-refractivity contribution < 1.29 is 0 Å². The average Bonchev–Trinajstić information content (AvgIpc) is 2.44. The Morgan fingerprint density at radius 2 is 1.85 bits per heavy atom. The monoisotopic (exact) mass is 282 g/mol. The molecule has 20 heavy (non-hydrogen) atoms. The number of benzene rings is 2. The molecule has 0 saturated carbocycles. The summed E-state index contributed by atoms with van der Waals surface area (Å²) < 4.78 is 0. The molecule has 3 aromatic rings. The zero-order chi connectivity index (χ0) is 14.1. The van der Waals surface area contributed by atoms with Crippen LogP contribution in [0.15, 0.2) is 48.7 Å². The Morgan fingerprint density at radius 3 is 2.70 bits per heavy atom. The van der Waals surface area contributed by atoms with E-state index in [9.17, 15) is 0 Å². The fourth-order valence-electron chi connectivity index (χ4n) is 2.26. The molecule has 1 aromatic heterocycles. The molecular formula is C17H15ClN2. The van der Waals surface area contributed by atoms with Gasteiger partial charge >= 0.3 is 0 Å². The average molecular weight is 283 g/mol. The van der Waals surface area contributed by atoms with Gasteiger partial charge in [0, 0.05) is 28.0 Å². The molecule has 1 N–H and O–H groups in total. The van der Waals surface area contributed by atoms with E-state index >= 15 is 0 Å². The van der Waals surface area contributed by atoms with Crippen LogP contribution in [0.2, 0.25) is 5.02 Å². The molecule has 0 aliphatic carbocycles. The molecule has 0 bridgehead atoms. The number of halogens is 1. The van der Waals surface area contributed by atoms with Crippen LogP contribution in [0.1, 0.15) is 11.1 Å². The smallest absolute Gasteiger partial charge is 0.0723 e. The molecule has 0 aliphatic rings. The van der Waals surface area contributed by atoms with E-state index in [0.717, 1.165) is 27.3 Å². The standard InChI is InChI=1S/C17H15ClN2/c1-11-4-3-5-15(12(11)2)20-17-8-9-19-16-7-6-13(18)10-14(16)17/h3-10H,1-2H3,(H,19,20). The summed E-state index contributed by atoms with van der Waals surface area (Å²) in [5.74, 6) is 0. The van der Waals surface area contributed by atoms with Gasteiger partial charge in [-0.25, -0.2) is 0 Å². The van der Waals surface area contributed by atoms with Gasteiger partial charge in [-0.1, -0.05) is 23.7 Å². The lowest BCUT2D eigenvalue weighted by Gasteiger charge is -2.13. The molecule has 2 nitrogen and oxygen atoms in total. The number of nitrogens with zero attached hydrogens (tertiary/aromatic N) is 1. The van der Waals surface area contributed by atoms with Crippen LogP contribution in [-0.2, 0) is 0 Å². The highest BCUT2D eigenvalue weighted by Crippen LogP contribution is 2.29. The predicted molar refractivity (Wildman–Crippen MR) is 86.0 cm³/mol. The van der Waals surface area contributed by atoms with Crippen LogP contribution in [0.5, 0.6) is 0 Å². The van der Waals surface area contributed by atoms with Crippen LogP contribution in [0, 0.1) is 13.8 Å². The number of aromatic nitrogens is 1. The maximum absolute atomic E-state index is 6.09. The Hall–Kier alpha value is -2.06. The number of pyridine rings is 1. The van der Waals surface area contributed by atoms with Crippen molar-refractivity contribution in [2.75, 3.05) is 5.32 Å². The Balaban J connectivity index is 2.11. The predicted octanol–water partition coefficient (Wildman–Crippen LogP) is 5.25. The summed E-state index contributed by atoms with van der Waals surface area (Å²) in [6.07, 6.45) is 1.81. The molecule has 0 atom stereocenters. The minimum atomic E-state index is 0.717. The van der Waals surface area contributed by atoms with E-state index in [1.54, 1.807) is 0 Å². The van der Waals surface area contributed by atoms with E-state index in [1.165, 1.54) is 11.1 Å². The second-order valence-corrected chi connectivity index (χ2v) is 5.33. The molecule has 0 fully saturated rings. The van der Waals surface area contributed by atoms with Crippen LogP contribution in [0.3, 0.4) is 0 Å². The van der Waals surface area contributed by atoms with Crippen LogP contribution < -0.4 is 5.32 Å². The zero-order valence-electron chi connectivity index (χ0n) is 11.4. The molecular weight excluding hydrogens is 268 g/mol. The first-order valence-electron chi connectivity index (χ1n) is 6.52. The summed E-state index contributed by atoms with van der Waals surface area (Å²) in [6.45, 7) is 4.23. The summed E-state index contributed by atoms with van der Waals surface area (Å²) in [6, 6.07) is 14.0. The van der Waals surface area contributed by atoms with Gasteiger partial charge in [0.25, 0.3) is 0 Å². The van der Waals surface area contributed by atoms with E-state index in [0.29, 0.717) is 0 Å². The number of anilines is 2. The van der Waals surface area contributed by atoms with Crippen molar-refractivity contribution in [3.8, 4) is 0 Å². The molecule has 3 rings (SSSR count). The Morgan fingerprint density at radius 1 is 1.00 bits per heavy atom. The third-order valence-corrected chi connectivity index (χ3v) is 3.81. The van der Waals surface area contributed by atoms with Gasteiger partial charge in [-0.3, -0.25) is 4.98 Å². The molecule has 0 spiro atoms. The van der Waals surface area contributed by atoms with Crippen molar-refractivity contribution in [3.05, 3.63) is 64.8 Å². The van der Waals surface area contributed by atoms with Gasteiger partial charge in [-0.2, -0.15) is 0 Å². The van der Waals surface area contributed by atoms with Crippen molar-refractivity contribution in [3.63, 3.8) is 0 Å². The third kappa shape index (κ3) is 2.35. The van der Waals surface area contributed by atoms with Crippen molar-refractivity contribution in [2.45, 2.75) is 13.8 Å². The normalized spacial score (nSPS) is 10.8.